The minimum Gasteiger partial charge on any atom is -0.491 e. The lowest BCUT2D eigenvalue weighted by Crippen LogP contribution is -2.39. The summed E-state index contributed by atoms with van der Waals surface area (Å²) in [6.45, 7) is 4.61. The Morgan fingerprint density at radius 2 is 2.05 bits per heavy atom. The molecular formula is C16H19N3OS. The van der Waals surface area contributed by atoms with Crippen LogP contribution in [0.2, 0.25) is 0 Å². The van der Waals surface area contributed by atoms with Crippen molar-refractivity contribution in [1.29, 1.82) is 0 Å². The summed E-state index contributed by atoms with van der Waals surface area (Å²) in [6, 6.07) is 11.9. The molecule has 0 saturated carbocycles. The van der Waals surface area contributed by atoms with Crippen molar-refractivity contribution >= 4 is 23.0 Å². The Bertz CT molecular complexity index is 572. The Morgan fingerprint density at radius 1 is 1.29 bits per heavy atom. The molecule has 0 saturated heterocycles. The van der Waals surface area contributed by atoms with Gasteiger partial charge >= 0.3 is 0 Å². The minimum absolute atomic E-state index is 0.1000. The minimum atomic E-state index is 0.1000. The number of aromatic nitrogens is 1. The Morgan fingerprint density at radius 3 is 2.71 bits per heavy atom. The highest BCUT2D eigenvalue weighted by molar-refractivity contribution is 7.80. The van der Waals surface area contributed by atoms with Gasteiger partial charge in [0, 0.05) is 6.20 Å². The van der Waals surface area contributed by atoms with E-state index < -0.39 is 0 Å². The largest absolute Gasteiger partial charge is 0.491 e. The zero-order chi connectivity index (χ0) is 15.1. The van der Waals surface area contributed by atoms with Crippen LogP contribution in [0.5, 0.6) is 5.75 Å². The lowest BCUT2D eigenvalue weighted by atomic mass is 10.2. The van der Waals surface area contributed by atoms with Crippen molar-refractivity contribution in [3.63, 3.8) is 0 Å². The number of anilines is 1. The van der Waals surface area contributed by atoms with Crippen molar-refractivity contribution in [2.45, 2.75) is 19.9 Å². The van der Waals surface area contributed by atoms with Gasteiger partial charge in [-0.15, -0.1) is 0 Å². The molecule has 0 amide bonds. The number of rotatable bonds is 5. The van der Waals surface area contributed by atoms with E-state index >= 15 is 0 Å². The topological polar surface area (TPSA) is 46.2 Å². The fourth-order valence-electron chi connectivity index (χ4n) is 1.73. The molecule has 0 radical (unpaired) electrons. The van der Waals surface area contributed by atoms with Gasteiger partial charge in [-0.25, -0.2) is 0 Å². The third-order valence-electron chi connectivity index (χ3n) is 2.82. The predicted molar refractivity (Wildman–Crippen MR) is 89.7 cm³/mol. The summed E-state index contributed by atoms with van der Waals surface area (Å²) in [7, 11) is 0. The van der Waals surface area contributed by atoms with E-state index in [0.717, 1.165) is 11.4 Å². The van der Waals surface area contributed by atoms with E-state index in [1.165, 1.54) is 5.56 Å². The summed E-state index contributed by atoms with van der Waals surface area (Å²) >= 11 is 5.25. The van der Waals surface area contributed by atoms with Gasteiger partial charge in [0.2, 0.25) is 0 Å². The molecule has 0 bridgehead atoms. The van der Waals surface area contributed by atoms with Crippen molar-refractivity contribution in [3.05, 3.63) is 54.4 Å². The smallest absolute Gasteiger partial charge is 0.171 e. The predicted octanol–water partition coefficient (Wildman–Crippen LogP) is 3.14. The average Bonchev–Trinajstić information content (AvgIpc) is 2.47. The maximum Gasteiger partial charge on any atom is 0.171 e. The van der Waals surface area contributed by atoms with Crippen LogP contribution in [0.25, 0.3) is 0 Å². The number of ether oxygens (including phenoxy) is 1. The van der Waals surface area contributed by atoms with Crippen molar-refractivity contribution < 1.29 is 4.74 Å². The van der Waals surface area contributed by atoms with E-state index in [2.05, 4.69) is 22.5 Å². The van der Waals surface area contributed by atoms with Crippen LogP contribution in [0, 0.1) is 6.92 Å². The summed E-state index contributed by atoms with van der Waals surface area (Å²) in [5, 5.41) is 6.82. The number of nitrogens with one attached hydrogen (secondary N) is 2. The third kappa shape index (κ3) is 5.39. The molecule has 1 aromatic carbocycles. The number of nitrogens with zero attached hydrogens (tertiary/aromatic N) is 1. The fourth-order valence-corrected chi connectivity index (χ4v) is 2.04. The first-order valence-corrected chi connectivity index (χ1v) is 7.21. The molecule has 0 aliphatic heterocycles. The summed E-state index contributed by atoms with van der Waals surface area (Å²) < 4.78 is 5.71. The van der Waals surface area contributed by atoms with Gasteiger partial charge in [-0.3, -0.25) is 4.98 Å². The zero-order valence-corrected chi connectivity index (χ0v) is 13.0. The van der Waals surface area contributed by atoms with Crippen LogP contribution in [0.4, 0.5) is 5.69 Å². The lowest BCUT2D eigenvalue weighted by Gasteiger charge is -2.17. The van der Waals surface area contributed by atoms with Crippen molar-refractivity contribution in [1.82, 2.24) is 10.3 Å². The van der Waals surface area contributed by atoms with E-state index in [9.17, 15) is 0 Å². The zero-order valence-electron chi connectivity index (χ0n) is 12.2. The quantitative estimate of drug-likeness (QED) is 0.831. The van der Waals surface area contributed by atoms with Crippen LogP contribution >= 0.6 is 12.2 Å². The number of thiocarbonyl (C=S) groups is 1. The standard InChI is InChI=1S/C16H19N3OS/c1-12-5-7-15(8-6-12)20-11-13(2)18-16(21)19-14-4-3-9-17-10-14/h3-10,13H,11H2,1-2H3,(H2,18,19,21)/t13-/m1/s1. The number of aryl methyl sites for hydroxylation is 1. The monoisotopic (exact) mass is 301 g/mol. The molecule has 0 unspecified atom stereocenters. The normalized spacial score (nSPS) is 11.5. The third-order valence-corrected chi connectivity index (χ3v) is 3.04. The highest BCUT2D eigenvalue weighted by Gasteiger charge is 2.05. The van der Waals surface area contributed by atoms with Gasteiger partial charge in [0.15, 0.2) is 5.11 Å². The number of hydrogen-bond acceptors (Lipinski definition) is 3. The Balaban J connectivity index is 1.75. The summed E-state index contributed by atoms with van der Waals surface area (Å²) in [6.07, 6.45) is 3.45. The van der Waals surface area contributed by atoms with Gasteiger partial charge in [0.05, 0.1) is 17.9 Å². The molecule has 0 aliphatic carbocycles. The van der Waals surface area contributed by atoms with Crippen molar-refractivity contribution in [3.8, 4) is 5.75 Å². The van der Waals surface area contributed by atoms with E-state index in [0.29, 0.717) is 11.7 Å². The maximum absolute atomic E-state index is 5.71. The highest BCUT2D eigenvalue weighted by Crippen LogP contribution is 2.11. The van der Waals surface area contributed by atoms with Gasteiger partial charge in [-0.1, -0.05) is 17.7 Å². The van der Waals surface area contributed by atoms with E-state index in [1.807, 2.05) is 43.3 Å². The molecule has 0 fully saturated rings. The van der Waals surface area contributed by atoms with Crippen LogP contribution in [-0.4, -0.2) is 22.7 Å². The van der Waals surface area contributed by atoms with Crippen molar-refractivity contribution in [2.75, 3.05) is 11.9 Å². The Kier molecular flexibility index (Phi) is 5.51. The highest BCUT2D eigenvalue weighted by atomic mass is 32.1. The van der Waals surface area contributed by atoms with Crippen LogP contribution in [-0.2, 0) is 0 Å². The van der Waals surface area contributed by atoms with Gasteiger partial charge < -0.3 is 15.4 Å². The molecule has 4 nitrogen and oxygen atoms in total. The first kappa shape index (κ1) is 15.3. The van der Waals surface area contributed by atoms with Gasteiger partial charge in [-0.05, 0) is 50.3 Å². The summed E-state index contributed by atoms with van der Waals surface area (Å²) in [5.74, 6) is 0.861. The van der Waals surface area contributed by atoms with Crippen LogP contribution < -0.4 is 15.4 Å². The fraction of sp³-hybridized carbons (Fsp3) is 0.250. The maximum atomic E-state index is 5.71. The molecule has 5 heteroatoms. The Labute approximate surface area is 130 Å². The second-order valence-corrected chi connectivity index (χ2v) is 5.27. The summed E-state index contributed by atoms with van der Waals surface area (Å²) in [5.41, 5.74) is 2.08. The first-order chi connectivity index (χ1) is 10.1. The number of pyridine rings is 1. The molecule has 0 spiro atoms. The molecular weight excluding hydrogens is 282 g/mol. The molecule has 1 aromatic heterocycles. The SMILES string of the molecule is Cc1ccc(OC[C@@H](C)NC(=S)Nc2cccnc2)cc1. The molecule has 0 aliphatic rings. The number of benzene rings is 1. The second-order valence-electron chi connectivity index (χ2n) is 4.87. The molecule has 2 N–H and O–H groups in total. The molecule has 21 heavy (non-hydrogen) atoms. The number of hydrogen-bond donors (Lipinski definition) is 2. The Hall–Kier alpha value is -2.14. The lowest BCUT2D eigenvalue weighted by molar-refractivity contribution is 0.287. The van der Waals surface area contributed by atoms with Gasteiger partial charge in [0.1, 0.15) is 12.4 Å². The van der Waals surface area contributed by atoms with Gasteiger partial charge in [0.25, 0.3) is 0 Å². The van der Waals surface area contributed by atoms with Crippen LogP contribution in [0.15, 0.2) is 48.8 Å². The van der Waals surface area contributed by atoms with E-state index in [-0.39, 0.29) is 6.04 Å². The first-order valence-electron chi connectivity index (χ1n) is 6.80. The van der Waals surface area contributed by atoms with Crippen LogP contribution in [0.3, 0.4) is 0 Å². The molecule has 110 valence electrons. The van der Waals surface area contributed by atoms with E-state index in [4.69, 9.17) is 17.0 Å². The molecule has 2 aromatic rings. The molecule has 1 heterocycles. The van der Waals surface area contributed by atoms with Gasteiger partial charge in [-0.2, -0.15) is 0 Å². The average molecular weight is 301 g/mol. The second kappa shape index (κ2) is 7.59. The van der Waals surface area contributed by atoms with Crippen molar-refractivity contribution in [2.24, 2.45) is 0 Å². The van der Waals surface area contributed by atoms with E-state index in [1.54, 1.807) is 12.4 Å². The molecule has 2 rings (SSSR count). The molecule has 1 atom stereocenters. The van der Waals surface area contributed by atoms with Crippen LogP contribution in [0.1, 0.15) is 12.5 Å². The summed E-state index contributed by atoms with van der Waals surface area (Å²) in [4.78, 5) is 4.03.